The van der Waals surface area contributed by atoms with Crippen molar-refractivity contribution in [2.24, 2.45) is 0 Å². The highest BCUT2D eigenvalue weighted by atomic mass is 16.5. The fraction of sp³-hybridized carbons (Fsp3) is 0.320. The Labute approximate surface area is 182 Å². The molecule has 31 heavy (non-hydrogen) atoms. The smallest absolute Gasteiger partial charge is 0.257 e. The van der Waals surface area contributed by atoms with Gasteiger partial charge in [0.1, 0.15) is 11.6 Å². The van der Waals surface area contributed by atoms with Crippen molar-refractivity contribution >= 4 is 11.7 Å². The Morgan fingerprint density at radius 1 is 0.935 bits per heavy atom. The van der Waals surface area contributed by atoms with Gasteiger partial charge in [0.15, 0.2) is 5.82 Å². The van der Waals surface area contributed by atoms with Gasteiger partial charge in [-0.3, -0.25) is 4.79 Å². The predicted molar refractivity (Wildman–Crippen MR) is 120 cm³/mol. The standard InChI is InChI=1S/C25H26N4O2/c1-31-22-12-6-5-11-19(22)25(30)29-16-13-21-20(17-29)24(28-14-7-8-15-28)27-23(26-21)18-9-3-2-4-10-18/h2-6,9-12H,7-8,13-17H2,1H3. The number of carbonyl (C=O) groups is 1. The van der Waals surface area contributed by atoms with Gasteiger partial charge < -0.3 is 14.5 Å². The molecule has 0 radical (unpaired) electrons. The minimum atomic E-state index is -0.0115. The van der Waals surface area contributed by atoms with Crippen LogP contribution in [-0.2, 0) is 13.0 Å². The number of rotatable bonds is 4. The molecule has 5 rings (SSSR count). The van der Waals surface area contributed by atoms with Crippen LogP contribution in [0.3, 0.4) is 0 Å². The third kappa shape index (κ3) is 3.74. The van der Waals surface area contributed by atoms with Crippen molar-refractivity contribution in [3.05, 3.63) is 71.4 Å². The lowest BCUT2D eigenvalue weighted by Gasteiger charge is -2.32. The molecular weight excluding hydrogens is 388 g/mol. The van der Waals surface area contributed by atoms with E-state index in [1.165, 1.54) is 12.8 Å². The first-order chi connectivity index (χ1) is 15.2. The van der Waals surface area contributed by atoms with E-state index in [4.69, 9.17) is 14.7 Å². The number of methoxy groups -OCH3 is 1. The Hall–Kier alpha value is -3.41. The SMILES string of the molecule is COc1ccccc1C(=O)N1CCc2nc(-c3ccccc3)nc(N3CCCC3)c2C1. The quantitative estimate of drug-likeness (QED) is 0.647. The van der Waals surface area contributed by atoms with Gasteiger partial charge in [-0.25, -0.2) is 9.97 Å². The molecule has 2 aromatic carbocycles. The molecule has 0 aliphatic carbocycles. The number of ether oxygens (including phenoxy) is 1. The summed E-state index contributed by atoms with van der Waals surface area (Å²) < 4.78 is 5.42. The van der Waals surface area contributed by atoms with E-state index in [0.717, 1.165) is 48.0 Å². The molecule has 6 heteroatoms. The van der Waals surface area contributed by atoms with Gasteiger partial charge in [-0.2, -0.15) is 0 Å². The topological polar surface area (TPSA) is 58.6 Å². The molecule has 1 aromatic heterocycles. The second kappa shape index (κ2) is 8.38. The largest absolute Gasteiger partial charge is 0.496 e. The molecule has 0 unspecified atom stereocenters. The molecule has 3 heterocycles. The number of fused-ring (bicyclic) bond motifs is 1. The van der Waals surface area contributed by atoms with Crippen LogP contribution in [0.25, 0.3) is 11.4 Å². The number of hydrogen-bond acceptors (Lipinski definition) is 5. The lowest BCUT2D eigenvalue weighted by atomic mass is 10.0. The highest BCUT2D eigenvalue weighted by Gasteiger charge is 2.30. The van der Waals surface area contributed by atoms with Crippen molar-refractivity contribution in [3.63, 3.8) is 0 Å². The molecular formula is C25H26N4O2. The maximum absolute atomic E-state index is 13.3. The minimum absolute atomic E-state index is 0.0115. The van der Waals surface area contributed by atoms with Gasteiger partial charge in [-0.1, -0.05) is 42.5 Å². The zero-order chi connectivity index (χ0) is 21.2. The summed E-state index contributed by atoms with van der Waals surface area (Å²) in [6.07, 6.45) is 3.06. The van der Waals surface area contributed by atoms with E-state index in [0.29, 0.717) is 24.4 Å². The highest BCUT2D eigenvalue weighted by molar-refractivity contribution is 5.97. The third-order valence-corrected chi connectivity index (χ3v) is 6.10. The van der Waals surface area contributed by atoms with Gasteiger partial charge in [0.05, 0.1) is 24.9 Å². The Morgan fingerprint density at radius 2 is 1.68 bits per heavy atom. The molecule has 6 nitrogen and oxygen atoms in total. The lowest BCUT2D eigenvalue weighted by molar-refractivity contribution is 0.0730. The maximum atomic E-state index is 13.3. The Bertz CT molecular complexity index is 1090. The first kappa shape index (κ1) is 19.5. The van der Waals surface area contributed by atoms with Gasteiger partial charge in [0, 0.05) is 37.2 Å². The molecule has 0 saturated carbocycles. The lowest BCUT2D eigenvalue weighted by Crippen LogP contribution is -2.38. The fourth-order valence-corrected chi connectivity index (χ4v) is 4.47. The molecule has 1 saturated heterocycles. The van der Waals surface area contributed by atoms with Crippen LogP contribution in [0.1, 0.15) is 34.5 Å². The van der Waals surface area contributed by atoms with Crippen LogP contribution < -0.4 is 9.64 Å². The number of hydrogen-bond donors (Lipinski definition) is 0. The van der Waals surface area contributed by atoms with Crippen molar-refractivity contribution in [2.75, 3.05) is 31.6 Å². The molecule has 0 N–H and O–H groups in total. The van der Waals surface area contributed by atoms with E-state index in [1.54, 1.807) is 7.11 Å². The summed E-state index contributed by atoms with van der Waals surface area (Å²) in [7, 11) is 1.60. The van der Waals surface area contributed by atoms with Gasteiger partial charge in [-0.15, -0.1) is 0 Å². The third-order valence-electron chi connectivity index (χ3n) is 6.10. The van der Waals surface area contributed by atoms with Crippen molar-refractivity contribution in [1.29, 1.82) is 0 Å². The van der Waals surface area contributed by atoms with Crippen LogP contribution in [0.2, 0.25) is 0 Å². The normalized spacial score (nSPS) is 15.6. The Balaban J connectivity index is 1.52. The van der Waals surface area contributed by atoms with Crippen LogP contribution in [0.4, 0.5) is 5.82 Å². The zero-order valence-electron chi connectivity index (χ0n) is 17.8. The van der Waals surface area contributed by atoms with Crippen LogP contribution in [0.15, 0.2) is 54.6 Å². The van der Waals surface area contributed by atoms with E-state index in [2.05, 4.69) is 17.0 Å². The van der Waals surface area contributed by atoms with E-state index in [-0.39, 0.29) is 5.91 Å². The first-order valence-electron chi connectivity index (χ1n) is 10.9. The number of aromatic nitrogens is 2. The van der Waals surface area contributed by atoms with Crippen LogP contribution in [-0.4, -0.2) is 47.5 Å². The number of benzene rings is 2. The summed E-state index contributed by atoms with van der Waals surface area (Å²) in [5.74, 6) is 2.35. The average molecular weight is 415 g/mol. The molecule has 2 aliphatic heterocycles. The summed E-state index contributed by atoms with van der Waals surface area (Å²) in [5.41, 5.74) is 3.76. The van der Waals surface area contributed by atoms with Crippen molar-refractivity contribution in [1.82, 2.24) is 14.9 Å². The van der Waals surface area contributed by atoms with E-state index >= 15 is 0 Å². The monoisotopic (exact) mass is 414 g/mol. The molecule has 1 amide bonds. The molecule has 0 bridgehead atoms. The molecule has 3 aromatic rings. The van der Waals surface area contributed by atoms with Crippen molar-refractivity contribution < 1.29 is 9.53 Å². The number of para-hydroxylation sites is 1. The van der Waals surface area contributed by atoms with Crippen LogP contribution in [0, 0.1) is 0 Å². The molecule has 0 atom stereocenters. The van der Waals surface area contributed by atoms with E-state index < -0.39 is 0 Å². The summed E-state index contributed by atoms with van der Waals surface area (Å²) >= 11 is 0. The van der Waals surface area contributed by atoms with Gasteiger partial charge in [-0.05, 0) is 25.0 Å². The van der Waals surface area contributed by atoms with Gasteiger partial charge in [0.2, 0.25) is 0 Å². The van der Waals surface area contributed by atoms with Crippen molar-refractivity contribution in [2.45, 2.75) is 25.8 Å². The van der Waals surface area contributed by atoms with E-state index in [1.807, 2.05) is 47.4 Å². The van der Waals surface area contributed by atoms with E-state index in [9.17, 15) is 4.79 Å². The molecule has 158 valence electrons. The molecule has 0 spiro atoms. The van der Waals surface area contributed by atoms with Crippen molar-refractivity contribution in [3.8, 4) is 17.1 Å². The Morgan fingerprint density at radius 3 is 2.45 bits per heavy atom. The second-order valence-corrected chi connectivity index (χ2v) is 8.03. The summed E-state index contributed by atoms with van der Waals surface area (Å²) in [6, 6.07) is 17.5. The van der Waals surface area contributed by atoms with Gasteiger partial charge in [0.25, 0.3) is 5.91 Å². The number of carbonyl (C=O) groups excluding carboxylic acids is 1. The maximum Gasteiger partial charge on any atom is 0.257 e. The second-order valence-electron chi connectivity index (χ2n) is 8.03. The fourth-order valence-electron chi connectivity index (χ4n) is 4.47. The summed E-state index contributed by atoms with van der Waals surface area (Å²) in [4.78, 5) is 27.5. The highest BCUT2D eigenvalue weighted by Crippen LogP contribution is 2.32. The number of amides is 1. The average Bonchev–Trinajstić information content (AvgIpc) is 3.38. The Kier molecular flexibility index (Phi) is 5.28. The number of anilines is 1. The predicted octanol–water partition coefficient (Wildman–Crippen LogP) is 3.95. The van der Waals surface area contributed by atoms with Crippen LogP contribution in [0.5, 0.6) is 5.75 Å². The van der Waals surface area contributed by atoms with Crippen LogP contribution >= 0.6 is 0 Å². The molecule has 1 fully saturated rings. The molecule has 2 aliphatic rings. The summed E-state index contributed by atoms with van der Waals surface area (Å²) in [5, 5.41) is 0. The first-order valence-corrected chi connectivity index (χ1v) is 10.9. The van der Waals surface area contributed by atoms with Gasteiger partial charge >= 0.3 is 0 Å². The zero-order valence-corrected chi connectivity index (χ0v) is 17.8. The number of nitrogens with zero attached hydrogens (tertiary/aromatic N) is 4. The summed E-state index contributed by atoms with van der Waals surface area (Å²) in [6.45, 7) is 3.15. The minimum Gasteiger partial charge on any atom is -0.496 e.